The molecular formula is C10H9ClN2OS. The minimum absolute atomic E-state index is 0.544. The maximum absolute atomic E-state index is 5.87. The van der Waals surface area contributed by atoms with E-state index < -0.39 is 0 Å². The van der Waals surface area contributed by atoms with Crippen LogP contribution in [-0.4, -0.2) is 12.1 Å². The number of aromatic nitrogens is 1. The van der Waals surface area contributed by atoms with Crippen LogP contribution in [0.5, 0.6) is 5.75 Å². The summed E-state index contributed by atoms with van der Waals surface area (Å²) in [6.45, 7) is 0. The van der Waals surface area contributed by atoms with E-state index in [4.69, 9.17) is 22.1 Å². The Morgan fingerprint density at radius 3 is 2.87 bits per heavy atom. The summed E-state index contributed by atoms with van der Waals surface area (Å²) < 4.78 is 5.24. The first-order chi connectivity index (χ1) is 7.20. The zero-order chi connectivity index (χ0) is 10.8. The second kappa shape index (κ2) is 4.08. The fourth-order valence-electron chi connectivity index (χ4n) is 1.28. The average Bonchev–Trinajstić information content (AvgIpc) is 2.64. The second-order valence-electron chi connectivity index (χ2n) is 2.91. The molecule has 0 aliphatic heterocycles. The van der Waals surface area contributed by atoms with Crippen LogP contribution in [0.2, 0.25) is 5.02 Å². The van der Waals surface area contributed by atoms with Gasteiger partial charge in [-0.1, -0.05) is 22.9 Å². The Morgan fingerprint density at radius 2 is 2.27 bits per heavy atom. The molecule has 1 heterocycles. The van der Waals surface area contributed by atoms with Gasteiger partial charge in [0, 0.05) is 16.8 Å². The highest BCUT2D eigenvalue weighted by Crippen LogP contribution is 2.35. The van der Waals surface area contributed by atoms with Crippen LogP contribution in [-0.2, 0) is 0 Å². The third-order valence-electron chi connectivity index (χ3n) is 1.95. The summed E-state index contributed by atoms with van der Waals surface area (Å²) in [4.78, 5) is 4.97. The topological polar surface area (TPSA) is 48.1 Å². The molecule has 0 saturated heterocycles. The predicted molar refractivity (Wildman–Crippen MR) is 63.5 cm³/mol. The minimum atomic E-state index is 0.544. The first-order valence-corrected chi connectivity index (χ1v) is 5.45. The van der Waals surface area contributed by atoms with E-state index in [0.717, 1.165) is 16.2 Å². The van der Waals surface area contributed by atoms with Gasteiger partial charge in [0.1, 0.15) is 5.75 Å². The highest BCUT2D eigenvalue weighted by molar-refractivity contribution is 7.18. The molecule has 0 bridgehead atoms. The number of methoxy groups -OCH3 is 1. The summed E-state index contributed by atoms with van der Waals surface area (Å²) in [6, 6.07) is 5.48. The molecule has 3 nitrogen and oxygen atoms in total. The van der Waals surface area contributed by atoms with Gasteiger partial charge in [-0.2, -0.15) is 0 Å². The van der Waals surface area contributed by atoms with E-state index in [1.165, 1.54) is 11.3 Å². The number of nitrogens with zero attached hydrogens (tertiary/aromatic N) is 1. The van der Waals surface area contributed by atoms with Crippen molar-refractivity contribution < 1.29 is 4.74 Å². The van der Waals surface area contributed by atoms with Crippen LogP contribution in [0.25, 0.3) is 10.4 Å². The maximum atomic E-state index is 5.87. The first kappa shape index (κ1) is 10.3. The van der Waals surface area contributed by atoms with E-state index in [2.05, 4.69) is 4.98 Å². The zero-order valence-corrected chi connectivity index (χ0v) is 9.60. The molecule has 78 valence electrons. The summed E-state index contributed by atoms with van der Waals surface area (Å²) in [5, 5.41) is 1.19. The molecule has 0 radical (unpaired) electrons. The molecule has 0 unspecified atom stereocenters. The lowest BCUT2D eigenvalue weighted by Crippen LogP contribution is -1.85. The maximum Gasteiger partial charge on any atom is 0.180 e. The highest BCUT2D eigenvalue weighted by atomic mass is 35.5. The number of thiazole rings is 1. The Labute approximate surface area is 96.5 Å². The van der Waals surface area contributed by atoms with Crippen molar-refractivity contribution >= 4 is 28.1 Å². The van der Waals surface area contributed by atoms with Crippen molar-refractivity contribution in [2.45, 2.75) is 0 Å². The third kappa shape index (κ3) is 2.06. The van der Waals surface area contributed by atoms with E-state index in [1.807, 2.05) is 12.1 Å². The van der Waals surface area contributed by atoms with Gasteiger partial charge in [0.15, 0.2) is 5.13 Å². The van der Waals surface area contributed by atoms with Crippen molar-refractivity contribution in [2.75, 3.05) is 12.8 Å². The number of benzene rings is 1. The fraction of sp³-hybridized carbons (Fsp3) is 0.100. The fourth-order valence-corrected chi connectivity index (χ4v) is 2.16. The van der Waals surface area contributed by atoms with Gasteiger partial charge < -0.3 is 10.5 Å². The van der Waals surface area contributed by atoms with E-state index >= 15 is 0 Å². The minimum Gasteiger partial charge on any atom is -0.496 e. The number of nitrogen functional groups attached to an aromatic ring is 1. The van der Waals surface area contributed by atoms with Crippen molar-refractivity contribution in [1.29, 1.82) is 0 Å². The van der Waals surface area contributed by atoms with E-state index in [0.29, 0.717) is 10.2 Å². The Balaban J connectivity index is 2.52. The summed E-state index contributed by atoms with van der Waals surface area (Å²) in [5.74, 6) is 0.728. The van der Waals surface area contributed by atoms with Crippen molar-refractivity contribution in [3.8, 4) is 16.2 Å². The number of nitrogens with two attached hydrogens (primary N) is 1. The molecule has 2 rings (SSSR count). The van der Waals surface area contributed by atoms with E-state index in [1.54, 1.807) is 19.4 Å². The summed E-state index contributed by atoms with van der Waals surface area (Å²) in [6.07, 6.45) is 1.73. The number of rotatable bonds is 2. The number of hydrogen-bond donors (Lipinski definition) is 1. The van der Waals surface area contributed by atoms with Gasteiger partial charge in [-0.15, -0.1) is 0 Å². The Kier molecular flexibility index (Phi) is 2.79. The van der Waals surface area contributed by atoms with E-state index in [-0.39, 0.29) is 0 Å². The number of ether oxygens (including phenoxy) is 1. The number of anilines is 1. The molecule has 1 aromatic heterocycles. The lowest BCUT2D eigenvalue weighted by molar-refractivity contribution is 0.416. The van der Waals surface area contributed by atoms with Crippen molar-refractivity contribution in [3.05, 3.63) is 29.4 Å². The molecule has 2 N–H and O–H groups in total. The molecule has 0 aliphatic rings. The standard InChI is InChI=1S/C10H9ClN2OS/c1-14-8-4-6(11)2-3-7(8)9-5-13-10(12)15-9/h2-5H,1H3,(H2,12,13). The Bertz CT molecular complexity index is 484. The lowest BCUT2D eigenvalue weighted by Gasteiger charge is -2.06. The summed E-state index contributed by atoms with van der Waals surface area (Å²) >= 11 is 7.29. The molecule has 0 atom stereocenters. The molecule has 0 fully saturated rings. The molecule has 0 amide bonds. The van der Waals surface area contributed by atoms with Gasteiger partial charge >= 0.3 is 0 Å². The van der Waals surface area contributed by atoms with Crippen molar-refractivity contribution in [3.63, 3.8) is 0 Å². The van der Waals surface area contributed by atoms with Crippen LogP contribution >= 0.6 is 22.9 Å². The van der Waals surface area contributed by atoms with Crippen LogP contribution in [0, 0.1) is 0 Å². The molecular weight excluding hydrogens is 232 g/mol. The number of halogens is 1. The van der Waals surface area contributed by atoms with Crippen molar-refractivity contribution in [1.82, 2.24) is 4.98 Å². The normalized spacial score (nSPS) is 10.3. The molecule has 2 aromatic rings. The van der Waals surface area contributed by atoms with Gasteiger partial charge in [-0.3, -0.25) is 0 Å². The predicted octanol–water partition coefficient (Wildman–Crippen LogP) is 3.05. The quantitative estimate of drug-likeness (QED) is 0.878. The van der Waals surface area contributed by atoms with Gasteiger partial charge in [0.2, 0.25) is 0 Å². The zero-order valence-electron chi connectivity index (χ0n) is 8.03. The first-order valence-electron chi connectivity index (χ1n) is 4.26. The SMILES string of the molecule is COc1cc(Cl)ccc1-c1cnc(N)s1. The smallest absolute Gasteiger partial charge is 0.180 e. The molecule has 5 heteroatoms. The largest absolute Gasteiger partial charge is 0.496 e. The highest BCUT2D eigenvalue weighted by Gasteiger charge is 2.08. The van der Waals surface area contributed by atoms with Crippen LogP contribution in [0.15, 0.2) is 24.4 Å². The van der Waals surface area contributed by atoms with Crippen LogP contribution < -0.4 is 10.5 Å². The van der Waals surface area contributed by atoms with E-state index in [9.17, 15) is 0 Å². The van der Waals surface area contributed by atoms with Crippen molar-refractivity contribution in [2.24, 2.45) is 0 Å². The van der Waals surface area contributed by atoms with Crippen LogP contribution in [0.4, 0.5) is 5.13 Å². The van der Waals surface area contributed by atoms with Gasteiger partial charge in [0.25, 0.3) is 0 Å². The molecule has 15 heavy (non-hydrogen) atoms. The third-order valence-corrected chi connectivity index (χ3v) is 3.05. The molecule has 0 saturated carbocycles. The average molecular weight is 241 g/mol. The molecule has 0 aliphatic carbocycles. The van der Waals surface area contributed by atoms with Gasteiger partial charge in [-0.25, -0.2) is 4.98 Å². The second-order valence-corrected chi connectivity index (χ2v) is 4.41. The van der Waals surface area contributed by atoms with Crippen LogP contribution in [0.3, 0.4) is 0 Å². The monoisotopic (exact) mass is 240 g/mol. The van der Waals surface area contributed by atoms with Gasteiger partial charge in [-0.05, 0) is 18.2 Å². The summed E-state index contributed by atoms with van der Waals surface area (Å²) in [5.41, 5.74) is 6.53. The Hall–Kier alpha value is -1.26. The summed E-state index contributed by atoms with van der Waals surface area (Å²) in [7, 11) is 1.61. The van der Waals surface area contributed by atoms with Crippen LogP contribution in [0.1, 0.15) is 0 Å². The Morgan fingerprint density at radius 1 is 1.47 bits per heavy atom. The number of hydrogen-bond acceptors (Lipinski definition) is 4. The molecule has 1 aromatic carbocycles. The molecule has 0 spiro atoms. The lowest BCUT2D eigenvalue weighted by atomic mass is 10.2. The van der Waals surface area contributed by atoms with Gasteiger partial charge in [0.05, 0.1) is 12.0 Å².